The van der Waals surface area contributed by atoms with Crippen molar-refractivity contribution < 1.29 is 4.79 Å². The maximum Gasteiger partial charge on any atom is 0.230 e. The molecule has 0 bridgehead atoms. The van der Waals surface area contributed by atoms with Crippen molar-refractivity contribution >= 4 is 18.3 Å². The van der Waals surface area contributed by atoms with Gasteiger partial charge in [0.25, 0.3) is 0 Å². The molecule has 2 aliphatic rings. The van der Waals surface area contributed by atoms with Crippen LogP contribution in [0.5, 0.6) is 0 Å². The Morgan fingerprint density at radius 3 is 2.80 bits per heavy atom. The van der Waals surface area contributed by atoms with Crippen molar-refractivity contribution in [2.24, 2.45) is 0 Å². The summed E-state index contributed by atoms with van der Waals surface area (Å²) >= 11 is 0. The molecule has 4 rings (SSSR count). The zero-order valence-corrected chi connectivity index (χ0v) is 15.4. The number of aryl methyl sites for hydroxylation is 1. The first-order valence-corrected chi connectivity index (χ1v) is 8.85. The molecule has 1 heterocycles. The summed E-state index contributed by atoms with van der Waals surface area (Å²) in [5, 5.41) is 6.54. The van der Waals surface area contributed by atoms with Crippen molar-refractivity contribution in [3.63, 3.8) is 0 Å². The van der Waals surface area contributed by atoms with Crippen LogP contribution in [0.2, 0.25) is 0 Å². The lowest BCUT2D eigenvalue weighted by atomic mass is 9.70. The van der Waals surface area contributed by atoms with E-state index in [0.717, 1.165) is 32.4 Å². The lowest BCUT2D eigenvalue weighted by Crippen LogP contribution is -2.44. The summed E-state index contributed by atoms with van der Waals surface area (Å²) in [6.07, 6.45) is 3.08. The number of nitrogens with one attached hydrogen (secondary N) is 2. The number of amides is 1. The summed E-state index contributed by atoms with van der Waals surface area (Å²) in [4.78, 5) is 13.0. The maximum absolute atomic E-state index is 13.0. The van der Waals surface area contributed by atoms with E-state index >= 15 is 0 Å². The molecular weight excluding hydrogens is 332 g/mol. The molecule has 0 saturated heterocycles. The van der Waals surface area contributed by atoms with E-state index in [2.05, 4.69) is 54.0 Å². The van der Waals surface area contributed by atoms with Crippen LogP contribution in [0.15, 0.2) is 42.5 Å². The number of hydrogen-bond donors (Lipinski definition) is 2. The van der Waals surface area contributed by atoms with Crippen LogP contribution in [-0.2, 0) is 36.3 Å². The summed E-state index contributed by atoms with van der Waals surface area (Å²) in [6, 6.07) is 14.9. The quantitative estimate of drug-likeness (QED) is 0.881. The molecule has 0 spiro atoms. The fraction of sp³-hybridized carbons (Fsp3) is 0.381. The molecule has 3 nitrogen and oxygen atoms in total. The van der Waals surface area contributed by atoms with Crippen molar-refractivity contribution in [2.45, 2.75) is 51.2 Å². The van der Waals surface area contributed by atoms with Gasteiger partial charge in [-0.1, -0.05) is 42.5 Å². The molecule has 2 aromatic rings. The smallest absolute Gasteiger partial charge is 0.230 e. The van der Waals surface area contributed by atoms with Gasteiger partial charge < -0.3 is 10.6 Å². The Labute approximate surface area is 155 Å². The van der Waals surface area contributed by atoms with Crippen LogP contribution in [0.3, 0.4) is 0 Å². The van der Waals surface area contributed by atoms with Gasteiger partial charge in [-0.05, 0) is 54.0 Å². The second kappa shape index (κ2) is 7.19. The second-order valence-corrected chi connectivity index (χ2v) is 7.23. The fourth-order valence-electron chi connectivity index (χ4n) is 4.12. The predicted molar refractivity (Wildman–Crippen MR) is 103 cm³/mol. The number of rotatable bonds is 3. The van der Waals surface area contributed by atoms with E-state index in [0.29, 0.717) is 6.54 Å². The van der Waals surface area contributed by atoms with Gasteiger partial charge in [0, 0.05) is 19.6 Å². The average Bonchev–Trinajstić information content (AvgIpc) is 3.08. The van der Waals surface area contributed by atoms with Gasteiger partial charge in [-0.3, -0.25) is 4.79 Å². The molecular formula is C21H25ClN2O. The van der Waals surface area contributed by atoms with Crippen molar-refractivity contribution in [3.8, 4) is 0 Å². The van der Waals surface area contributed by atoms with Crippen molar-refractivity contribution in [2.75, 3.05) is 0 Å². The van der Waals surface area contributed by atoms with Gasteiger partial charge in [-0.25, -0.2) is 0 Å². The highest BCUT2D eigenvalue weighted by Crippen LogP contribution is 2.37. The predicted octanol–water partition coefficient (Wildman–Crippen LogP) is 3.62. The molecule has 2 aromatic carbocycles. The third kappa shape index (κ3) is 3.31. The number of carbonyl (C=O) groups is 1. The molecule has 1 unspecified atom stereocenters. The number of fused-ring (bicyclic) bond motifs is 2. The van der Waals surface area contributed by atoms with Gasteiger partial charge in [0.15, 0.2) is 0 Å². The Hall–Kier alpha value is -1.84. The van der Waals surface area contributed by atoms with Crippen LogP contribution in [0, 0.1) is 0 Å². The lowest BCUT2D eigenvalue weighted by molar-refractivity contribution is -0.126. The first-order valence-electron chi connectivity index (χ1n) is 8.85. The van der Waals surface area contributed by atoms with Crippen LogP contribution < -0.4 is 10.6 Å². The molecule has 0 fully saturated rings. The van der Waals surface area contributed by atoms with E-state index < -0.39 is 5.41 Å². The summed E-state index contributed by atoms with van der Waals surface area (Å²) in [5.74, 6) is 0.147. The lowest BCUT2D eigenvalue weighted by Gasteiger charge is -2.34. The van der Waals surface area contributed by atoms with Gasteiger partial charge in [0.2, 0.25) is 5.91 Å². The number of carbonyl (C=O) groups excluding carboxylic acids is 1. The van der Waals surface area contributed by atoms with E-state index in [1.807, 2.05) is 6.07 Å². The third-order valence-corrected chi connectivity index (χ3v) is 5.59. The minimum absolute atomic E-state index is 0. The summed E-state index contributed by atoms with van der Waals surface area (Å²) in [6.45, 7) is 4.58. The van der Waals surface area contributed by atoms with Crippen LogP contribution in [0.4, 0.5) is 0 Å². The zero-order valence-electron chi connectivity index (χ0n) is 14.6. The largest absolute Gasteiger partial charge is 0.351 e. The normalized spacial score (nSPS) is 21.0. The maximum atomic E-state index is 13.0. The first-order chi connectivity index (χ1) is 11.7. The highest BCUT2D eigenvalue weighted by atomic mass is 35.5. The Kier molecular flexibility index (Phi) is 5.16. The highest BCUT2D eigenvalue weighted by Gasteiger charge is 2.38. The summed E-state index contributed by atoms with van der Waals surface area (Å²) < 4.78 is 0. The van der Waals surface area contributed by atoms with Gasteiger partial charge in [0.05, 0.1) is 5.41 Å². The third-order valence-electron chi connectivity index (χ3n) is 5.59. The Morgan fingerprint density at radius 2 is 1.92 bits per heavy atom. The first kappa shape index (κ1) is 18.0. The monoisotopic (exact) mass is 356 g/mol. The molecule has 0 saturated carbocycles. The number of hydrogen-bond acceptors (Lipinski definition) is 2. The molecule has 0 aromatic heterocycles. The minimum atomic E-state index is -0.410. The van der Waals surface area contributed by atoms with E-state index in [-0.39, 0.29) is 18.3 Å². The Morgan fingerprint density at radius 1 is 1.12 bits per heavy atom. The minimum Gasteiger partial charge on any atom is -0.351 e. The number of benzene rings is 2. The van der Waals surface area contributed by atoms with E-state index in [1.165, 1.54) is 27.8 Å². The second-order valence-electron chi connectivity index (χ2n) is 7.23. The van der Waals surface area contributed by atoms with E-state index in [9.17, 15) is 4.79 Å². The molecule has 1 atom stereocenters. The van der Waals surface area contributed by atoms with Crippen molar-refractivity contribution in [3.05, 3.63) is 70.3 Å². The molecule has 0 radical (unpaired) electrons. The van der Waals surface area contributed by atoms with Crippen LogP contribution in [0.1, 0.15) is 47.6 Å². The topological polar surface area (TPSA) is 41.1 Å². The van der Waals surface area contributed by atoms with Crippen LogP contribution >= 0.6 is 12.4 Å². The van der Waals surface area contributed by atoms with Gasteiger partial charge in [0.1, 0.15) is 0 Å². The van der Waals surface area contributed by atoms with Gasteiger partial charge >= 0.3 is 0 Å². The SMILES string of the molecule is CC1(C(=O)NCc2ccc3c(c2)CNC3)CCCc2ccccc21.Cl. The molecule has 4 heteroatoms. The Balaban J connectivity index is 0.00000182. The van der Waals surface area contributed by atoms with E-state index in [1.54, 1.807) is 0 Å². The van der Waals surface area contributed by atoms with Crippen LogP contribution in [0.25, 0.3) is 0 Å². The molecule has 25 heavy (non-hydrogen) atoms. The van der Waals surface area contributed by atoms with Gasteiger partial charge in [-0.15, -0.1) is 12.4 Å². The summed E-state index contributed by atoms with van der Waals surface area (Å²) in [5.41, 5.74) is 6.03. The Bertz CT molecular complexity index is 789. The van der Waals surface area contributed by atoms with Gasteiger partial charge in [-0.2, -0.15) is 0 Å². The molecule has 132 valence electrons. The zero-order chi connectivity index (χ0) is 16.6. The average molecular weight is 357 g/mol. The van der Waals surface area contributed by atoms with E-state index in [4.69, 9.17) is 0 Å². The fourth-order valence-corrected chi connectivity index (χ4v) is 4.12. The van der Waals surface area contributed by atoms with Crippen molar-refractivity contribution in [1.82, 2.24) is 10.6 Å². The molecule has 1 aliphatic carbocycles. The van der Waals surface area contributed by atoms with Crippen molar-refractivity contribution in [1.29, 1.82) is 0 Å². The molecule has 1 aliphatic heterocycles. The number of halogens is 1. The standard InChI is InChI=1S/C21H24N2O.ClH/c1-21(10-4-6-16-5-2-3-7-19(16)21)20(24)23-12-15-8-9-17-13-22-14-18(17)11-15;/h2-3,5,7-9,11,22H,4,6,10,12-14H2,1H3,(H,23,24);1H. The molecule has 1 amide bonds. The van der Waals surface area contributed by atoms with Crippen LogP contribution in [-0.4, -0.2) is 5.91 Å². The molecule has 2 N–H and O–H groups in total. The summed E-state index contributed by atoms with van der Waals surface area (Å²) in [7, 11) is 0. The highest BCUT2D eigenvalue weighted by molar-refractivity contribution is 5.88.